The van der Waals surface area contributed by atoms with Gasteiger partial charge < -0.3 is 24.0 Å². The fourth-order valence-corrected chi connectivity index (χ4v) is 3.71. The molecule has 2 aromatic rings. The third kappa shape index (κ3) is 3.80. The average Bonchev–Trinajstić information content (AvgIpc) is 3.35. The zero-order valence-corrected chi connectivity index (χ0v) is 16.8. The molecule has 9 nitrogen and oxygen atoms in total. The number of methoxy groups -OCH3 is 1. The lowest BCUT2D eigenvalue weighted by Crippen LogP contribution is -2.38. The first-order valence-electron chi connectivity index (χ1n) is 9.45. The molecule has 1 fully saturated rings. The van der Waals surface area contributed by atoms with Gasteiger partial charge in [0.05, 0.1) is 18.2 Å². The summed E-state index contributed by atoms with van der Waals surface area (Å²) in [4.78, 5) is 31.7. The number of rotatable bonds is 8. The summed E-state index contributed by atoms with van der Waals surface area (Å²) >= 11 is 0. The van der Waals surface area contributed by atoms with Gasteiger partial charge in [0.1, 0.15) is 17.6 Å². The van der Waals surface area contributed by atoms with Crippen molar-refractivity contribution >= 4 is 11.8 Å². The van der Waals surface area contributed by atoms with Gasteiger partial charge >= 0.3 is 0 Å². The number of nitrogens with zero attached hydrogens (tertiary/aromatic N) is 4. The molecule has 0 aromatic carbocycles. The lowest BCUT2D eigenvalue weighted by atomic mass is 9.98. The Labute approximate surface area is 164 Å². The van der Waals surface area contributed by atoms with Crippen LogP contribution in [0.5, 0.6) is 0 Å². The first kappa shape index (κ1) is 20.1. The van der Waals surface area contributed by atoms with Crippen LogP contribution < -0.4 is 5.32 Å². The molecular weight excluding hydrogens is 362 g/mol. The molecule has 1 aliphatic heterocycles. The van der Waals surface area contributed by atoms with E-state index < -0.39 is 12.0 Å². The summed E-state index contributed by atoms with van der Waals surface area (Å²) in [5.41, 5.74) is 1.73. The van der Waals surface area contributed by atoms with E-state index in [0.717, 1.165) is 17.7 Å². The standard InChI is InChI=1S/C19H27N5O4/c1-5-15-14(12(2)28-22-15)11-21-19(26)13-10-16(25)24(8-9-27-4)17(13)18-20-6-7-23(18)3/h6-7,13,17H,5,8-11H2,1-4H3,(H,21,26)/t13-,17-/m0/s1. The van der Waals surface area contributed by atoms with E-state index >= 15 is 0 Å². The van der Waals surface area contributed by atoms with Gasteiger partial charge in [0, 0.05) is 51.6 Å². The van der Waals surface area contributed by atoms with E-state index in [9.17, 15) is 9.59 Å². The summed E-state index contributed by atoms with van der Waals surface area (Å²) in [7, 11) is 3.45. The van der Waals surface area contributed by atoms with Gasteiger partial charge in [0.15, 0.2) is 0 Å². The number of amides is 2. The van der Waals surface area contributed by atoms with E-state index in [4.69, 9.17) is 9.26 Å². The highest BCUT2D eigenvalue weighted by atomic mass is 16.5. The summed E-state index contributed by atoms with van der Waals surface area (Å²) in [6, 6.07) is -0.420. The zero-order valence-electron chi connectivity index (χ0n) is 16.8. The quantitative estimate of drug-likeness (QED) is 0.726. The Balaban J connectivity index is 1.80. The highest BCUT2D eigenvalue weighted by Crippen LogP contribution is 2.37. The Hall–Kier alpha value is -2.68. The number of hydrogen-bond donors (Lipinski definition) is 1. The molecule has 3 rings (SSSR count). The Kier molecular flexibility index (Phi) is 6.13. The van der Waals surface area contributed by atoms with Gasteiger partial charge in [-0.1, -0.05) is 12.1 Å². The molecule has 2 aromatic heterocycles. The van der Waals surface area contributed by atoms with E-state index in [1.807, 2.05) is 31.7 Å². The largest absolute Gasteiger partial charge is 0.383 e. The van der Waals surface area contributed by atoms with Crippen molar-refractivity contribution in [3.63, 3.8) is 0 Å². The second-order valence-electron chi connectivity index (χ2n) is 6.97. The number of nitrogens with one attached hydrogen (secondary N) is 1. The van der Waals surface area contributed by atoms with E-state index in [0.29, 0.717) is 31.3 Å². The number of ether oxygens (including phenoxy) is 1. The summed E-state index contributed by atoms with van der Waals surface area (Å²) in [5, 5.41) is 6.98. The van der Waals surface area contributed by atoms with Crippen molar-refractivity contribution in [2.45, 2.75) is 39.3 Å². The molecule has 1 aliphatic rings. The summed E-state index contributed by atoms with van der Waals surface area (Å²) in [6.07, 6.45) is 4.37. The third-order valence-corrected chi connectivity index (χ3v) is 5.27. The molecule has 0 bridgehead atoms. The molecule has 0 radical (unpaired) electrons. The average molecular weight is 389 g/mol. The van der Waals surface area contributed by atoms with Crippen LogP contribution in [0.3, 0.4) is 0 Å². The van der Waals surface area contributed by atoms with Crippen molar-refractivity contribution in [3.05, 3.63) is 35.2 Å². The van der Waals surface area contributed by atoms with Gasteiger partial charge in [0.25, 0.3) is 0 Å². The van der Waals surface area contributed by atoms with E-state index in [2.05, 4.69) is 15.5 Å². The van der Waals surface area contributed by atoms with Crippen LogP contribution in [0.15, 0.2) is 16.9 Å². The number of aryl methyl sites for hydroxylation is 3. The first-order chi connectivity index (χ1) is 13.5. The molecule has 9 heteroatoms. The van der Waals surface area contributed by atoms with Crippen LogP contribution in [0.25, 0.3) is 0 Å². The zero-order chi connectivity index (χ0) is 20.3. The van der Waals surface area contributed by atoms with Crippen molar-refractivity contribution in [1.82, 2.24) is 24.9 Å². The highest BCUT2D eigenvalue weighted by Gasteiger charge is 2.46. The topological polar surface area (TPSA) is 102 Å². The number of carbonyl (C=O) groups excluding carboxylic acids is 2. The molecule has 0 spiro atoms. The fraction of sp³-hybridized carbons (Fsp3) is 0.579. The number of likely N-dealkylation sites (tertiary alicyclic amines) is 1. The minimum absolute atomic E-state index is 0.0689. The third-order valence-electron chi connectivity index (χ3n) is 5.27. The molecule has 1 saturated heterocycles. The fourth-order valence-electron chi connectivity index (χ4n) is 3.71. The van der Waals surface area contributed by atoms with Gasteiger partial charge in [0.2, 0.25) is 11.8 Å². The van der Waals surface area contributed by atoms with Crippen LogP contribution in [-0.2, 0) is 34.3 Å². The number of imidazole rings is 1. The maximum absolute atomic E-state index is 13.0. The van der Waals surface area contributed by atoms with Gasteiger partial charge in [-0.3, -0.25) is 9.59 Å². The van der Waals surface area contributed by atoms with Crippen molar-refractivity contribution < 1.29 is 18.8 Å². The second-order valence-corrected chi connectivity index (χ2v) is 6.97. The van der Waals surface area contributed by atoms with Gasteiger partial charge in [-0.05, 0) is 13.3 Å². The molecule has 152 valence electrons. The molecule has 0 unspecified atom stereocenters. The molecule has 2 atom stereocenters. The van der Waals surface area contributed by atoms with Gasteiger partial charge in [-0.2, -0.15) is 0 Å². The summed E-state index contributed by atoms with van der Waals surface area (Å²) < 4.78 is 12.2. The highest BCUT2D eigenvalue weighted by molar-refractivity contribution is 5.90. The van der Waals surface area contributed by atoms with Crippen LogP contribution >= 0.6 is 0 Å². The maximum Gasteiger partial charge on any atom is 0.226 e. The molecule has 28 heavy (non-hydrogen) atoms. The SMILES string of the molecule is CCc1noc(C)c1CNC(=O)[C@H]1CC(=O)N(CCOC)[C@@H]1c1nccn1C. The Bertz CT molecular complexity index is 843. The molecule has 3 heterocycles. The normalized spacial score (nSPS) is 19.4. The van der Waals surface area contributed by atoms with Crippen LogP contribution in [0, 0.1) is 12.8 Å². The summed E-state index contributed by atoms with van der Waals surface area (Å²) in [6.45, 7) is 4.97. The summed E-state index contributed by atoms with van der Waals surface area (Å²) in [5.74, 6) is 0.625. The van der Waals surface area contributed by atoms with Crippen molar-refractivity contribution in [3.8, 4) is 0 Å². The van der Waals surface area contributed by atoms with Crippen molar-refractivity contribution in [1.29, 1.82) is 0 Å². The maximum atomic E-state index is 13.0. The monoisotopic (exact) mass is 389 g/mol. The minimum atomic E-state index is -0.518. The smallest absolute Gasteiger partial charge is 0.226 e. The first-order valence-corrected chi connectivity index (χ1v) is 9.45. The lowest BCUT2D eigenvalue weighted by molar-refractivity contribution is -0.129. The molecule has 1 N–H and O–H groups in total. The van der Waals surface area contributed by atoms with Crippen molar-refractivity contribution in [2.75, 3.05) is 20.3 Å². The predicted octanol–water partition coefficient (Wildman–Crippen LogP) is 1.13. The van der Waals surface area contributed by atoms with E-state index in [-0.39, 0.29) is 18.2 Å². The Morgan fingerprint density at radius 1 is 1.46 bits per heavy atom. The molecule has 0 saturated carbocycles. The van der Waals surface area contributed by atoms with Gasteiger partial charge in [-0.25, -0.2) is 4.98 Å². The molecule has 0 aliphatic carbocycles. The number of hydrogen-bond acceptors (Lipinski definition) is 6. The van der Waals surface area contributed by atoms with Crippen molar-refractivity contribution in [2.24, 2.45) is 13.0 Å². The molecule has 2 amide bonds. The number of aromatic nitrogens is 3. The van der Waals surface area contributed by atoms with Crippen LogP contribution in [0.1, 0.15) is 42.2 Å². The predicted molar refractivity (Wildman–Crippen MR) is 100 cm³/mol. The van der Waals surface area contributed by atoms with Crippen LogP contribution in [-0.4, -0.2) is 51.7 Å². The minimum Gasteiger partial charge on any atom is -0.383 e. The van der Waals surface area contributed by atoms with E-state index in [1.165, 1.54) is 0 Å². The Morgan fingerprint density at radius 2 is 2.25 bits per heavy atom. The number of carbonyl (C=O) groups is 2. The Morgan fingerprint density at radius 3 is 2.89 bits per heavy atom. The molecular formula is C19H27N5O4. The van der Waals surface area contributed by atoms with E-state index in [1.54, 1.807) is 18.2 Å². The van der Waals surface area contributed by atoms with Gasteiger partial charge in [-0.15, -0.1) is 0 Å². The van der Waals surface area contributed by atoms with Crippen LogP contribution in [0.2, 0.25) is 0 Å². The van der Waals surface area contributed by atoms with Crippen LogP contribution in [0.4, 0.5) is 0 Å². The second kappa shape index (κ2) is 8.55. The lowest BCUT2D eigenvalue weighted by Gasteiger charge is -2.27.